The van der Waals surface area contributed by atoms with Gasteiger partial charge >= 0.3 is 6.18 Å². The van der Waals surface area contributed by atoms with E-state index < -0.39 is 12.3 Å². The SMILES string of the molecule is CNCc1ccccc1C(OC)C(F)(F)F. The van der Waals surface area contributed by atoms with E-state index in [4.69, 9.17) is 0 Å². The van der Waals surface area contributed by atoms with Crippen molar-refractivity contribution < 1.29 is 17.9 Å². The number of hydrogen-bond donors (Lipinski definition) is 1. The van der Waals surface area contributed by atoms with Crippen LogP contribution in [0.25, 0.3) is 0 Å². The molecule has 0 aliphatic rings. The number of ether oxygens (including phenoxy) is 1. The summed E-state index contributed by atoms with van der Waals surface area (Å²) in [5, 5.41) is 2.83. The largest absolute Gasteiger partial charge is 0.418 e. The number of benzene rings is 1. The van der Waals surface area contributed by atoms with Gasteiger partial charge < -0.3 is 10.1 Å². The van der Waals surface area contributed by atoms with Gasteiger partial charge in [0.2, 0.25) is 0 Å². The van der Waals surface area contributed by atoms with Crippen molar-refractivity contribution in [3.63, 3.8) is 0 Å². The number of hydrogen-bond acceptors (Lipinski definition) is 2. The zero-order valence-electron chi connectivity index (χ0n) is 9.14. The van der Waals surface area contributed by atoms with E-state index >= 15 is 0 Å². The molecule has 90 valence electrons. The molecule has 0 aliphatic carbocycles. The molecule has 0 aliphatic heterocycles. The van der Waals surface area contributed by atoms with Crippen LogP contribution < -0.4 is 5.32 Å². The van der Waals surface area contributed by atoms with E-state index in [1.165, 1.54) is 6.07 Å². The van der Waals surface area contributed by atoms with Crippen LogP contribution in [0, 0.1) is 0 Å². The lowest BCUT2D eigenvalue weighted by Gasteiger charge is -2.21. The van der Waals surface area contributed by atoms with Crippen LogP contribution >= 0.6 is 0 Å². The third kappa shape index (κ3) is 2.96. The van der Waals surface area contributed by atoms with E-state index in [9.17, 15) is 13.2 Å². The van der Waals surface area contributed by atoms with Crippen LogP contribution in [0.2, 0.25) is 0 Å². The second-order valence-electron chi connectivity index (χ2n) is 3.39. The maximum absolute atomic E-state index is 12.7. The summed E-state index contributed by atoms with van der Waals surface area (Å²) in [6.07, 6.45) is -6.25. The summed E-state index contributed by atoms with van der Waals surface area (Å²) < 4.78 is 42.6. The Morgan fingerprint density at radius 2 is 1.94 bits per heavy atom. The second-order valence-corrected chi connectivity index (χ2v) is 3.39. The van der Waals surface area contributed by atoms with Gasteiger partial charge in [0.25, 0.3) is 0 Å². The molecule has 0 spiro atoms. The molecule has 0 saturated heterocycles. The van der Waals surface area contributed by atoms with E-state index in [0.717, 1.165) is 7.11 Å². The molecule has 0 fully saturated rings. The van der Waals surface area contributed by atoms with Crippen molar-refractivity contribution in [3.05, 3.63) is 35.4 Å². The van der Waals surface area contributed by atoms with Crippen molar-refractivity contribution in [2.75, 3.05) is 14.2 Å². The molecule has 0 saturated carbocycles. The standard InChI is InChI=1S/C11H14F3NO/c1-15-7-8-5-3-4-6-9(8)10(16-2)11(12,13)14/h3-6,10,15H,7H2,1-2H3. The fourth-order valence-electron chi connectivity index (χ4n) is 1.58. The van der Waals surface area contributed by atoms with E-state index in [-0.39, 0.29) is 5.56 Å². The Bertz CT molecular complexity index is 338. The molecular formula is C11H14F3NO. The van der Waals surface area contributed by atoms with Crippen LogP contribution in [-0.4, -0.2) is 20.3 Å². The maximum atomic E-state index is 12.7. The first-order valence-electron chi connectivity index (χ1n) is 4.82. The average Bonchev–Trinajstić information content (AvgIpc) is 2.20. The first-order valence-corrected chi connectivity index (χ1v) is 4.82. The molecule has 0 amide bonds. The van der Waals surface area contributed by atoms with E-state index in [1.54, 1.807) is 25.2 Å². The Morgan fingerprint density at radius 3 is 2.44 bits per heavy atom. The number of halogens is 3. The minimum absolute atomic E-state index is 0.159. The minimum atomic E-state index is -4.39. The lowest BCUT2D eigenvalue weighted by atomic mass is 10.0. The van der Waals surface area contributed by atoms with E-state index in [0.29, 0.717) is 12.1 Å². The molecule has 5 heteroatoms. The molecule has 0 bridgehead atoms. The average molecular weight is 233 g/mol. The number of nitrogens with one attached hydrogen (secondary N) is 1. The fraction of sp³-hybridized carbons (Fsp3) is 0.455. The Balaban J connectivity index is 3.09. The minimum Gasteiger partial charge on any atom is -0.367 e. The molecule has 1 rings (SSSR count). The molecule has 1 aromatic rings. The third-order valence-electron chi connectivity index (χ3n) is 2.24. The van der Waals surface area contributed by atoms with Crippen molar-refractivity contribution in [3.8, 4) is 0 Å². The van der Waals surface area contributed by atoms with Crippen LogP contribution in [0.3, 0.4) is 0 Å². The van der Waals surface area contributed by atoms with Crippen molar-refractivity contribution in [2.45, 2.75) is 18.8 Å². The molecule has 1 aromatic carbocycles. The molecule has 0 aromatic heterocycles. The normalized spacial score (nSPS) is 13.8. The van der Waals surface area contributed by atoms with Crippen LogP contribution in [-0.2, 0) is 11.3 Å². The number of alkyl halides is 3. The van der Waals surface area contributed by atoms with Gasteiger partial charge in [0.1, 0.15) is 0 Å². The lowest BCUT2D eigenvalue weighted by molar-refractivity contribution is -0.216. The lowest BCUT2D eigenvalue weighted by Crippen LogP contribution is -2.24. The maximum Gasteiger partial charge on any atom is 0.418 e. The van der Waals surface area contributed by atoms with E-state index in [2.05, 4.69) is 10.1 Å². The van der Waals surface area contributed by atoms with Gasteiger partial charge in [-0.15, -0.1) is 0 Å². The van der Waals surface area contributed by atoms with Crippen LogP contribution in [0.4, 0.5) is 13.2 Å². The highest BCUT2D eigenvalue weighted by molar-refractivity contribution is 5.30. The highest BCUT2D eigenvalue weighted by Crippen LogP contribution is 2.36. The smallest absolute Gasteiger partial charge is 0.367 e. The molecule has 0 heterocycles. The van der Waals surface area contributed by atoms with Gasteiger partial charge in [-0.25, -0.2) is 0 Å². The first-order chi connectivity index (χ1) is 7.50. The molecular weight excluding hydrogens is 219 g/mol. The quantitative estimate of drug-likeness (QED) is 0.863. The Morgan fingerprint density at radius 1 is 1.31 bits per heavy atom. The summed E-state index contributed by atoms with van der Waals surface area (Å²) in [6.45, 7) is 0.381. The first kappa shape index (κ1) is 13.0. The van der Waals surface area contributed by atoms with Gasteiger partial charge in [-0.3, -0.25) is 0 Å². The van der Waals surface area contributed by atoms with Gasteiger partial charge in [-0.2, -0.15) is 13.2 Å². The number of methoxy groups -OCH3 is 1. The summed E-state index contributed by atoms with van der Waals surface area (Å²) in [6, 6.07) is 6.38. The topological polar surface area (TPSA) is 21.3 Å². The predicted molar refractivity (Wildman–Crippen MR) is 55.0 cm³/mol. The van der Waals surface area contributed by atoms with Gasteiger partial charge in [0.05, 0.1) is 0 Å². The monoisotopic (exact) mass is 233 g/mol. The molecule has 1 N–H and O–H groups in total. The van der Waals surface area contributed by atoms with Crippen LogP contribution in [0.15, 0.2) is 24.3 Å². The van der Waals surface area contributed by atoms with Crippen molar-refractivity contribution in [1.29, 1.82) is 0 Å². The Hall–Kier alpha value is -1.07. The molecule has 1 atom stereocenters. The summed E-state index contributed by atoms with van der Waals surface area (Å²) >= 11 is 0. The second kappa shape index (κ2) is 5.32. The van der Waals surface area contributed by atoms with Gasteiger partial charge in [-0.05, 0) is 18.2 Å². The Labute approximate surface area is 92.4 Å². The predicted octanol–water partition coefficient (Wildman–Crippen LogP) is 2.66. The summed E-state index contributed by atoms with van der Waals surface area (Å²) in [7, 11) is 2.75. The summed E-state index contributed by atoms with van der Waals surface area (Å²) in [5.74, 6) is 0. The van der Waals surface area contributed by atoms with Crippen LogP contribution in [0.5, 0.6) is 0 Å². The molecule has 2 nitrogen and oxygen atoms in total. The van der Waals surface area contributed by atoms with Gasteiger partial charge in [0.15, 0.2) is 6.10 Å². The zero-order chi connectivity index (χ0) is 12.2. The van der Waals surface area contributed by atoms with Crippen molar-refractivity contribution in [1.82, 2.24) is 5.32 Å². The van der Waals surface area contributed by atoms with Gasteiger partial charge in [0, 0.05) is 13.7 Å². The molecule has 16 heavy (non-hydrogen) atoms. The summed E-state index contributed by atoms with van der Waals surface area (Å²) in [5.41, 5.74) is 0.751. The highest BCUT2D eigenvalue weighted by atomic mass is 19.4. The summed E-state index contributed by atoms with van der Waals surface area (Å²) in [4.78, 5) is 0. The molecule has 0 radical (unpaired) electrons. The zero-order valence-corrected chi connectivity index (χ0v) is 9.14. The van der Waals surface area contributed by atoms with Crippen molar-refractivity contribution >= 4 is 0 Å². The van der Waals surface area contributed by atoms with Crippen LogP contribution in [0.1, 0.15) is 17.2 Å². The Kier molecular flexibility index (Phi) is 4.32. The number of rotatable bonds is 4. The van der Waals surface area contributed by atoms with Crippen molar-refractivity contribution in [2.24, 2.45) is 0 Å². The third-order valence-corrected chi connectivity index (χ3v) is 2.24. The van der Waals surface area contributed by atoms with Gasteiger partial charge in [-0.1, -0.05) is 24.3 Å². The van der Waals surface area contributed by atoms with E-state index in [1.807, 2.05) is 0 Å². The molecule has 1 unspecified atom stereocenters. The highest BCUT2D eigenvalue weighted by Gasteiger charge is 2.41. The fourth-order valence-corrected chi connectivity index (χ4v) is 1.58.